The van der Waals surface area contributed by atoms with Crippen LogP contribution in [0.5, 0.6) is 0 Å². The Kier molecular flexibility index (Phi) is 12.7. The van der Waals surface area contributed by atoms with Gasteiger partial charge >= 0.3 is 0 Å². The van der Waals surface area contributed by atoms with Crippen LogP contribution in [0.2, 0.25) is 0 Å². The molecule has 0 N–H and O–H groups in total. The summed E-state index contributed by atoms with van der Waals surface area (Å²) in [5, 5.41) is 17.4. The molecule has 0 radical (unpaired) electrons. The Morgan fingerprint density at radius 1 is 0.177 bits per heavy atom. The Morgan fingerprint density at radius 3 is 1.22 bits per heavy atom. The van der Waals surface area contributed by atoms with Gasteiger partial charge in [-0.15, -0.1) is 0 Å². The van der Waals surface area contributed by atoms with Gasteiger partial charge in [0.15, 0.2) is 0 Å². The van der Waals surface area contributed by atoms with Gasteiger partial charge in [0.25, 0.3) is 0 Å². The maximum atomic E-state index is 5.14. The van der Waals surface area contributed by atoms with Crippen molar-refractivity contribution in [2.45, 2.75) is 0 Å². The third-order valence-corrected chi connectivity index (χ3v) is 19.1. The predicted octanol–water partition coefficient (Wildman–Crippen LogP) is 22.4. The molecule has 20 aromatic rings. The first-order chi connectivity index (χ1) is 47.6. The average Bonchev–Trinajstić information content (AvgIpc) is 0.785. The molecule has 0 amide bonds. The van der Waals surface area contributed by atoms with E-state index in [4.69, 9.17) is 29.9 Å². The molecule has 0 aliphatic carbocycles. The van der Waals surface area contributed by atoms with Crippen molar-refractivity contribution in [3.63, 3.8) is 0 Å². The maximum Gasteiger partial charge on any atom is 0.0978 e. The van der Waals surface area contributed by atoms with Crippen LogP contribution >= 0.6 is 0 Å². The van der Waals surface area contributed by atoms with E-state index in [2.05, 4.69) is 240 Å². The topological polar surface area (TPSA) is 103 Å². The van der Waals surface area contributed by atoms with Gasteiger partial charge in [0.2, 0.25) is 0 Å². The molecule has 0 atom stereocenters. The molecule has 0 unspecified atom stereocenters. The first kappa shape index (κ1) is 54.7. The molecule has 0 aliphatic rings. The van der Waals surface area contributed by atoms with Crippen LogP contribution in [0.15, 0.2) is 316 Å². The van der Waals surface area contributed by atoms with Crippen molar-refractivity contribution in [1.29, 1.82) is 0 Å². The molecule has 0 aliphatic heterocycles. The minimum Gasteiger partial charge on any atom is -0.255 e. The van der Waals surface area contributed by atoms with Gasteiger partial charge in [-0.05, 0) is 156 Å². The molecule has 8 heteroatoms. The van der Waals surface area contributed by atoms with E-state index in [1.165, 1.54) is 60.1 Å². The molecule has 0 saturated carbocycles. The Morgan fingerprint density at radius 2 is 0.604 bits per heavy atom. The van der Waals surface area contributed by atoms with Crippen molar-refractivity contribution >= 4 is 130 Å². The standard InChI is InChI=1S/C46H26N4.C42H26N4/c1-2-11-32-31(10-1)39-24-28(38-26-30-9-6-22-48-44(30)45-35(38)13-7-23-49-45)16-18-33(39)34-19-17-29(25-40(32)34)42-36-12-3-4-14-41(36)50-46-37(42)20-15-27-8-5-21-47-43(27)46;1-2-8-36-34(7-1)40(35-22-20-32-6-5-25-44-41(32)42(35)46-36)31-17-14-28(15-18-31)27-10-12-29(13-11-27)33-19-16-30-21-23-38(45-39(30)26-33)37-9-3-4-24-43-37/h1-26H;1-26H. The molecule has 12 aromatic carbocycles. The maximum absolute atomic E-state index is 5.14. The molecule has 444 valence electrons. The van der Waals surface area contributed by atoms with E-state index in [1.54, 1.807) is 6.20 Å². The van der Waals surface area contributed by atoms with E-state index >= 15 is 0 Å². The quantitative estimate of drug-likeness (QED) is 0.120. The van der Waals surface area contributed by atoms with E-state index < -0.39 is 0 Å². The van der Waals surface area contributed by atoms with Gasteiger partial charge in [-0.2, -0.15) is 0 Å². The number of fused-ring (bicyclic) bond motifs is 18. The van der Waals surface area contributed by atoms with Crippen LogP contribution in [0.25, 0.3) is 197 Å². The molecular weight excluding hydrogens is 1170 g/mol. The fraction of sp³-hybridized carbons (Fsp3) is 0. The minimum atomic E-state index is 0.876. The highest BCUT2D eigenvalue weighted by molar-refractivity contribution is 6.28. The van der Waals surface area contributed by atoms with Gasteiger partial charge in [-0.3, -0.25) is 24.9 Å². The first-order valence-corrected chi connectivity index (χ1v) is 32.3. The summed E-state index contributed by atoms with van der Waals surface area (Å²) < 4.78 is 0. The minimum absolute atomic E-state index is 0.876. The Bertz CT molecular complexity index is 6550. The lowest BCUT2D eigenvalue weighted by atomic mass is 9.88. The van der Waals surface area contributed by atoms with E-state index in [9.17, 15) is 0 Å². The zero-order valence-electron chi connectivity index (χ0n) is 51.6. The molecule has 8 aromatic heterocycles. The number of para-hydroxylation sites is 2. The average molecular weight is 1220 g/mol. The summed E-state index contributed by atoms with van der Waals surface area (Å²) >= 11 is 0. The number of aromatic nitrogens is 8. The third-order valence-electron chi connectivity index (χ3n) is 19.1. The van der Waals surface area contributed by atoms with Crippen LogP contribution in [-0.2, 0) is 0 Å². The largest absolute Gasteiger partial charge is 0.255 e. The third kappa shape index (κ3) is 9.14. The van der Waals surface area contributed by atoms with Crippen LogP contribution in [0.3, 0.4) is 0 Å². The van der Waals surface area contributed by atoms with Gasteiger partial charge in [-0.1, -0.05) is 206 Å². The van der Waals surface area contributed by atoms with Crippen LogP contribution in [0, 0.1) is 0 Å². The summed E-state index contributed by atoms with van der Waals surface area (Å²) in [6.45, 7) is 0. The van der Waals surface area contributed by atoms with Crippen LogP contribution in [0.1, 0.15) is 0 Å². The van der Waals surface area contributed by atoms with Crippen LogP contribution in [-0.4, -0.2) is 39.9 Å². The molecule has 0 spiro atoms. The summed E-state index contributed by atoms with van der Waals surface area (Å²) in [6.07, 6.45) is 9.19. The molecule has 8 nitrogen and oxygen atoms in total. The Labute approximate surface area is 550 Å². The number of rotatable bonds is 6. The second kappa shape index (κ2) is 22.4. The fourth-order valence-electron chi connectivity index (χ4n) is 14.5. The second-order valence-corrected chi connectivity index (χ2v) is 24.5. The van der Waals surface area contributed by atoms with Crippen molar-refractivity contribution in [3.05, 3.63) is 316 Å². The number of hydrogen-bond acceptors (Lipinski definition) is 8. The second-order valence-electron chi connectivity index (χ2n) is 24.5. The lowest BCUT2D eigenvalue weighted by molar-refractivity contribution is 1.28. The molecular formula is C88H52N8. The van der Waals surface area contributed by atoms with Crippen molar-refractivity contribution in [1.82, 2.24) is 39.9 Å². The SMILES string of the molecule is c1ccc(-c2ccc3ccc(-c4ccc(-c5ccc(-c6c7ccccc7nc7c6ccc6cccnc67)cc5)cc4)cc3n2)nc1.c1cnc2c(c1)cc(-c1ccc3c4ccc(-c5c6ccccc6nc6c5ccc5cccnc56)cc4c4ccccc4c3c1)c1cccnc12. The smallest absolute Gasteiger partial charge is 0.0978 e. The predicted molar refractivity (Wildman–Crippen MR) is 398 cm³/mol. The van der Waals surface area contributed by atoms with E-state index in [0.717, 1.165) is 137 Å². The monoisotopic (exact) mass is 1220 g/mol. The fourth-order valence-corrected chi connectivity index (χ4v) is 14.5. The van der Waals surface area contributed by atoms with Gasteiger partial charge in [0.05, 0.1) is 61.0 Å². The van der Waals surface area contributed by atoms with Gasteiger partial charge in [-0.25, -0.2) is 15.0 Å². The lowest BCUT2D eigenvalue weighted by Crippen LogP contribution is -1.92. The van der Waals surface area contributed by atoms with Crippen molar-refractivity contribution in [2.75, 3.05) is 0 Å². The van der Waals surface area contributed by atoms with E-state index in [1.807, 2.05) is 79.4 Å². The zero-order valence-corrected chi connectivity index (χ0v) is 51.6. The lowest BCUT2D eigenvalue weighted by Gasteiger charge is -2.16. The van der Waals surface area contributed by atoms with E-state index in [0.29, 0.717) is 0 Å². The molecule has 8 heterocycles. The molecule has 96 heavy (non-hydrogen) atoms. The van der Waals surface area contributed by atoms with Crippen LogP contribution < -0.4 is 0 Å². The number of hydrogen-bond donors (Lipinski definition) is 0. The summed E-state index contributed by atoms with van der Waals surface area (Å²) in [7, 11) is 0. The number of pyridine rings is 8. The summed E-state index contributed by atoms with van der Waals surface area (Å²) in [5.74, 6) is 0. The summed E-state index contributed by atoms with van der Waals surface area (Å²) in [5.41, 5.74) is 21.9. The van der Waals surface area contributed by atoms with Crippen LogP contribution in [0.4, 0.5) is 0 Å². The summed E-state index contributed by atoms with van der Waals surface area (Å²) in [4.78, 5) is 38.5. The highest BCUT2D eigenvalue weighted by Gasteiger charge is 2.20. The molecule has 0 bridgehead atoms. The first-order valence-electron chi connectivity index (χ1n) is 32.3. The van der Waals surface area contributed by atoms with Gasteiger partial charge < -0.3 is 0 Å². The molecule has 0 fully saturated rings. The van der Waals surface area contributed by atoms with Gasteiger partial charge in [0, 0.05) is 90.6 Å². The van der Waals surface area contributed by atoms with Crippen molar-refractivity contribution in [3.8, 4) is 67.0 Å². The highest BCUT2D eigenvalue weighted by atomic mass is 14.8. The van der Waals surface area contributed by atoms with Crippen molar-refractivity contribution in [2.24, 2.45) is 0 Å². The normalized spacial score (nSPS) is 11.8. The zero-order chi connectivity index (χ0) is 63.2. The van der Waals surface area contributed by atoms with Gasteiger partial charge in [0.1, 0.15) is 0 Å². The Hall–Kier alpha value is -13.0. The highest BCUT2D eigenvalue weighted by Crippen LogP contribution is 2.45. The molecule has 0 saturated heterocycles. The van der Waals surface area contributed by atoms with Crippen molar-refractivity contribution < 1.29 is 0 Å². The number of nitrogens with zero attached hydrogens (tertiary/aromatic N) is 8. The van der Waals surface area contributed by atoms with E-state index in [-0.39, 0.29) is 0 Å². The number of benzene rings is 12. The molecule has 20 rings (SSSR count). The Balaban J connectivity index is 0.000000136. The summed E-state index contributed by atoms with van der Waals surface area (Å²) in [6, 6.07) is 101.